The number of guanidine groups is 2. The van der Waals surface area contributed by atoms with Crippen LogP contribution in [-0.2, 0) is 11.3 Å². The van der Waals surface area contributed by atoms with Gasteiger partial charge in [0.25, 0.3) is 0 Å². The Balaban J connectivity index is 2.45. The topological polar surface area (TPSA) is 112 Å². The maximum atomic E-state index is 12.7. The number of hydrogen-bond acceptors (Lipinski definition) is 2. The smallest absolute Gasteiger partial charge is 0.218 e. The summed E-state index contributed by atoms with van der Waals surface area (Å²) in [6.07, 6.45) is 0.740. The molecule has 0 bridgehead atoms. The highest BCUT2D eigenvalue weighted by atomic mass is 19.1. The van der Waals surface area contributed by atoms with E-state index in [0.29, 0.717) is 13.2 Å². The molecule has 0 spiro atoms. The molecule has 20 heavy (non-hydrogen) atoms. The van der Waals surface area contributed by atoms with E-state index >= 15 is 0 Å². The zero-order valence-electron chi connectivity index (χ0n) is 11.4. The van der Waals surface area contributed by atoms with Crippen molar-refractivity contribution in [2.24, 2.45) is 27.2 Å². The highest BCUT2D eigenvalue weighted by Crippen LogP contribution is 2.06. The van der Waals surface area contributed by atoms with Gasteiger partial charge in [0.05, 0.1) is 19.3 Å². The number of nitrogens with zero attached hydrogens (tertiary/aromatic N) is 2. The minimum Gasteiger partial charge on any atom is -0.375 e. The van der Waals surface area contributed by atoms with Crippen LogP contribution in [0.5, 0.6) is 0 Å². The molecular weight excluding hydrogens is 261 g/mol. The number of ether oxygens (including phenoxy) is 1. The van der Waals surface area contributed by atoms with Gasteiger partial charge in [-0.25, -0.2) is 9.38 Å². The van der Waals surface area contributed by atoms with E-state index in [-0.39, 0.29) is 23.8 Å². The fourth-order valence-corrected chi connectivity index (χ4v) is 1.49. The van der Waals surface area contributed by atoms with Crippen molar-refractivity contribution >= 4 is 11.9 Å². The van der Waals surface area contributed by atoms with Crippen LogP contribution in [0.1, 0.15) is 18.9 Å². The van der Waals surface area contributed by atoms with Crippen molar-refractivity contribution in [2.45, 2.75) is 26.0 Å². The van der Waals surface area contributed by atoms with Crippen LogP contribution in [0.25, 0.3) is 0 Å². The predicted molar refractivity (Wildman–Crippen MR) is 77.6 cm³/mol. The van der Waals surface area contributed by atoms with Crippen molar-refractivity contribution in [1.82, 2.24) is 0 Å². The van der Waals surface area contributed by atoms with Gasteiger partial charge >= 0.3 is 0 Å². The number of halogens is 1. The first-order valence-corrected chi connectivity index (χ1v) is 6.26. The zero-order valence-corrected chi connectivity index (χ0v) is 11.4. The van der Waals surface area contributed by atoms with E-state index in [1.807, 2.05) is 6.92 Å². The van der Waals surface area contributed by atoms with Gasteiger partial charge in [-0.2, -0.15) is 4.99 Å². The fraction of sp³-hybridized carbons (Fsp3) is 0.385. The summed E-state index contributed by atoms with van der Waals surface area (Å²) in [7, 11) is 0. The molecule has 0 saturated heterocycles. The Kier molecular flexibility index (Phi) is 6.45. The Morgan fingerprint density at radius 2 is 1.90 bits per heavy atom. The molecule has 6 nitrogen and oxygen atoms in total. The molecule has 7 heteroatoms. The number of rotatable bonds is 6. The van der Waals surface area contributed by atoms with Crippen LogP contribution < -0.4 is 17.2 Å². The minimum atomic E-state index is -0.269. The van der Waals surface area contributed by atoms with Crippen molar-refractivity contribution in [3.63, 3.8) is 0 Å². The summed E-state index contributed by atoms with van der Waals surface area (Å²) < 4.78 is 18.3. The minimum absolute atomic E-state index is 0.0298. The molecule has 0 aliphatic carbocycles. The average Bonchev–Trinajstić information content (AvgIpc) is 2.39. The van der Waals surface area contributed by atoms with E-state index in [1.165, 1.54) is 12.1 Å². The molecule has 110 valence electrons. The predicted octanol–water partition coefficient (Wildman–Crippen LogP) is 0.709. The van der Waals surface area contributed by atoms with Crippen LogP contribution in [0.3, 0.4) is 0 Å². The highest BCUT2D eigenvalue weighted by molar-refractivity contribution is 5.92. The van der Waals surface area contributed by atoms with Crippen molar-refractivity contribution in [3.05, 3.63) is 35.6 Å². The number of hydrogen-bond donors (Lipinski definition) is 3. The highest BCUT2D eigenvalue weighted by Gasteiger charge is 2.06. The Morgan fingerprint density at radius 1 is 1.25 bits per heavy atom. The van der Waals surface area contributed by atoms with Crippen LogP contribution in [-0.4, -0.2) is 24.6 Å². The first-order chi connectivity index (χ1) is 9.51. The Labute approximate surface area is 117 Å². The maximum absolute atomic E-state index is 12.7. The quantitative estimate of drug-likeness (QED) is 0.526. The van der Waals surface area contributed by atoms with Gasteiger partial charge in [0.2, 0.25) is 5.96 Å². The average molecular weight is 281 g/mol. The summed E-state index contributed by atoms with van der Waals surface area (Å²) in [6, 6.07) is 6.01. The van der Waals surface area contributed by atoms with Gasteiger partial charge in [-0.1, -0.05) is 19.1 Å². The van der Waals surface area contributed by atoms with E-state index in [9.17, 15) is 4.39 Å². The van der Waals surface area contributed by atoms with Gasteiger partial charge in [0.1, 0.15) is 5.82 Å². The second-order valence-corrected chi connectivity index (χ2v) is 4.23. The lowest BCUT2D eigenvalue weighted by atomic mass is 10.2. The second-order valence-electron chi connectivity index (χ2n) is 4.23. The molecule has 0 aromatic heterocycles. The zero-order chi connectivity index (χ0) is 15.0. The van der Waals surface area contributed by atoms with E-state index in [1.54, 1.807) is 12.1 Å². The molecule has 1 aromatic rings. The second kappa shape index (κ2) is 8.11. The maximum Gasteiger partial charge on any atom is 0.218 e. The number of nitrogens with two attached hydrogens (primary N) is 3. The van der Waals surface area contributed by atoms with E-state index in [4.69, 9.17) is 21.9 Å². The molecule has 0 amide bonds. The molecular formula is C13H20FN5O. The third-order valence-electron chi connectivity index (χ3n) is 2.52. The standard InChI is InChI=1S/C13H20FN5O/c1-2-11(18-13(17)19-12(15)16)8-20-7-9-3-5-10(14)6-4-9/h3-6,11H,2,7-8H2,1H3,(H6,15,16,17,18,19). The summed E-state index contributed by atoms with van der Waals surface area (Å²) in [5.41, 5.74) is 16.9. The Bertz CT molecular complexity index is 468. The summed E-state index contributed by atoms with van der Waals surface area (Å²) in [5, 5.41) is 0. The van der Waals surface area contributed by atoms with Gasteiger partial charge in [0, 0.05) is 0 Å². The SMILES string of the molecule is CCC(COCc1ccc(F)cc1)N=C(N)N=C(N)N. The third kappa shape index (κ3) is 6.14. The van der Waals surface area contributed by atoms with Crippen LogP contribution in [0, 0.1) is 5.82 Å². The lowest BCUT2D eigenvalue weighted by molar-refractivity contribution is 0.107. The largest absolute Gasteiger partial charge is 0.375 e. The molecule has 0 aliphatic rings. The summed E-state index contributed by atoms with van der Waals surface area (Å²) in [4.78, 5) is 7.79. The van der Waals surface area contributed by atoms with Crippen LogP contribution in [0.4, 0.5) is 4.39 Å². The third-order valence-corrected chi connectivity index (χ3v) is 2.52. The summed E-state index contributed by atoms with van der Waals surface area (Å²) >= 11 is 0. The van der Waals surface area contributed by atoms with Crippen LogP contribution in [0.2, 0.25) is 0 Å². The van der Waals surface area contributed by atoms with E-state index in [2.05, 4.69) is 9.98 Å². The molecule has 6 N–H and O–H groups in total. The lowest BCUT2D eigenvalue weighted by Crippen LogP contribution is -2.27. The Morgan fingerprint density at radius 3 is 2.45 bits per heavy atom. The normalized spacial score (nSPS) is 13.0. The van der Waals surface area contributed by atoms with Crippen molar-refractivity contribution in [2.75, 3.05) is 6.61 Å². The molecule has 0 heterocycles. The van der Waals surface area contributed by atoms with Crippen molar-refractivity contribution in [3.8, 4) is 0 Å². The fourth-order valence-electron chi connectivity index (χ4n) is 1.49. The molecule has 0 fully saturated rings. The van der Waals surface area contributed by atoms with Gasteiger partial charge < -0.3 is 21.9 Å². The van der Waals surface area contributed by atoms with Crippen molar-refractivity contribution < 1.29 is 9.13 Å². The molecule has 1 atom stereocenters. The van der Waals surface area contributed by atoms with Crippen LogP contribution >= 0.6 is 0 Å². The van der Waals surface area contributed by atoms with E-state index in [0.717, 1.165) is 12.0 Å². The molecule has 1 rings (SSSR count). The van der Waals surface area contributed by atoms with Crippen LogP contribution in [0.15, 0.2) is 34.3 Å². The lowest BCUT2D eigenvalue weighted by Gasteiger charge is -2.11. The Hall–Kier alpha value is -2.15. The number of aliphatic imine (C=N–C) groups is 2. The van der Waals surface area contributed by atoms with E-state index < -0.39 is 0 Å². The molecule has 0 aliphatic heterocycles. The first-order valence-electron chi connectivity index (χ1n) is 6.26. The molecule has 0 saturated carbocycles. The van der Waals surface area contributed by atoms with Gasteiger partial charge in [-0.3, -0.25) is 0 Å². The van der Waals surface area contributed by atoms with Crippen molar-refractivity contribution in [1.29, 1.82) is 0 Å². The molecule has 0 radical (unpaired) electrons. The van der Waals surface area contributed by atoms with Gasteiger partial charge in [0.15, 0.2) is 5.96 Å². The molecule has 1 aromatic carbocycles. The van der Waals surface area contributed by atoms with Gasteiger partial charge in [-0.05, 0) is 24.1 Å². The monoisotopic (exact) mass is 281 g/mol. The summed E-state index contributed by atoms with van der Waals surface area (Å²) in [5.74, 6) is -0.370. The summed E-state index contributed by atoms with van der Waals surface area (Å²) in [6.45, 7) is 2.72. The molecule has 1 unspecified atom stereocenters. The number of benzene rings is 1. The van der Waals surface area contributed by atoms with Gasteiger partial charge in [-0.15, -0.1) is 0 Å². The first kappa shape index (κ1) is 15.9.